The molecule has 0 fully saturated rings. The predicted molar refractivity (Wildman–Crippen MR) is 68.9 cm³/mol. The van der Waals surface area contributed by atoms with Crippen molar-refractivity contribution in [3.8, 4) is 0 Å². The zero-order valence-corrected chi connectivity index (χ0v) is 10.4. The van der Waals surface area contributed by atoms with Gasteiger partial charge in [-0.3, -0.25) is 0 Å². The van der Waals surface area contributed by atoms with Gasteiger partial charge in [0, 0.05) is 11.8 Å². The molecule has 5 heteroatoms. The van der Waals surface area contributed by atoms with Gasteiger partial charge >= 0.3 is 0 Å². The summed E-state index contributed by atoms with van der Waals surface area (Å²) in [6.45, 7) is 1.65. The van der Waals surface area contributed by atoms with Crippen molar-refractivity contribution in [3.05, 3.63) is 58.0 Å². The van der Waals surface area contributed by atoms with E-state index in [1.165, 1.54) is 18.3 Å². The third kappa shape index (κ3) is 2.44. The SMILES string of the molecule is Cc1ccc(C(O)c2cc(Cl)cnc2N)cc1F. The van der Waals surface area contributed by atoms with Crippen molar-refractivity contribution in [3.63, 3.8) is 0 Å². The number of aliphatic hydroxyl groups is 1. The van der Waals surface area contributed by atoms with Crippen LogP contribution in [0, 0.1) is 12.7 Å². The molecule has 0 amide bonds. The summed E-state index contributed by atoms with van der Waals surface area (Å²) in [4.78, 5) is 3.86. The first-order valence-corrected chi connectivity index (χ1v) is 5.72. The van der Waals surface area contributed by atoms with Crippen molar-refractivity contribution in [2.24, 2.45) is 0 Å². The molecule has 18 heavy (non-hydrogen) atoms. The summed E-state index contributed by atoms with van der Waals surface area (Å²) < 4.78 is 13.5. The van der Waals surface area contributed by atoms with Crippen LogP contribution in [-0.2, 0) is 0 Å². The highest BCUT2D eigenvalue weighted by Gasteiger charge is 2.16. The maximum absolute atomic E-state index is 13.5. The van der Waals surface area contributed by atoms with Crippen LogP contribution in [0.25, 0.3) is 0 Å². The molecule has 1 heterocycles. The van der Waals surface area contributed by atoms with Crippen molar-refractivity contribution >= 4 is 17.4 Å². The highest BCUT2D eigenvalue weighted by molar-refractivity contribution is 6.30. The average Bonchev–Trinajstić information content (AvgIpc) is 2.35. The fourth-order valence-corrected chi connectivity index (χ4v) is 1.81. The van der Waals surface area contributed by atoms with E-state index in [0.717, 1.165) is 0 Å². The lowest BCUT2D eigenvalue weighted by atomic mass is 10.0. The Bertz CT molecular complexity index is 589. The van der Waals surface area contributed by atoms with Crippen LogP contribution in [0.5, 0.6) is 0 Å². The largest absolute Gasteiger partial charge is 0.384 e. The van der Waals surface area contributed by atoms with E-state index < -0.39 is 6.10 Å². The maximum Gasteiger partial charge on any atom is 0.129 e. The van der Waals surface area contributed by atoms with E-state index in [1.54, 1.807) is 19.1 Å². The van der Waals surface area contributed by atoms with Gasteiger partial charge in [0.1, 0.15) is 17.7 Å². The molecule has 0 aliphatic carbocycles. The summed E-state index contributed by atoms with van der Waals surface area (Å²) >= 11 is 5.80. The van der Waals surface area contributed by atoms with E-state index in [0.29, 0.717) is 21.7 Å². The topological polar surface area (TPSA) is 59.1 Å². The van der Waals surface area contributed by atoms with E-state index >= 15 is 0 Å². The molecule has 1 unspecified atom stereocenters. The lowest BCUT2D eigenvalue weighted by Crippen LogP contribution is -2.06. The van der Waals surface area contributed by atoms with Gasteiger partial charge in [-0.05, 0) is 30.2 Å². The highest BCUT2D eigenvalue weighted by Crippen LogP contribution is 2.28. The normalized spacial score (nSPS) is 12.4. The first-order valence-electron chi connectivity index (χ1n) is 5.34. The number of hydrogen-bond acceptors (Lipinski definition) is 3. The Balaban J connectivity index is 2.44. The van der Waals surface area contributed by atoms with E-state index in [4.69, 9.17) is 17.3 Å². The van der Waals surface area contributed by atoms with Gasteiger partial charge in [-0.25, -0.2) is 9.37 Å². The first-order chi connectivity index (χ1) is 8.49. The molecular weight excluding hydrogens is 255 g/mol. The number of hydrogen-bond donors (Lipinski definition) is 2. The molecule has 0 spiro atoms. The average molecular weight is 267 g/mol. The molecule has 0 aliphatic heterocycles. The predicted octanol–water partition coefficient (Wildman–Crippen LogP) is 2.85. The fourth-order valence-electron chi connectivity index (χ4n) is 1.64. The Kier molecular flexibility index (Phi) is 3.50. The van der Waals surface area contributed by atoms with Crippen molar-refractivity contribution < 1.29 is 9.50 Å². The molecule has 1 aromatic heterocycles. The summed E-state index contributed by atoms with van der Waals surface area (Å²) in [5.74, 6) is -0.201. The molecule has 3 nitrogen and oxygen atoms in total. The third-order valence-electron chi connectivity index (χ3n) is 2.72. The zero-order valence-electron chi connectivity index (χ0n) is 9.69. The van der Waals surface area contributed by atoms with Crippen LogP contribution >= 0.6 is 11.6 Å². The van der Waals surface area contributed by atoms with Crippen molar-refractivity contribution in [2.75, 3.05) is 5.73 Å². The number of aliphatic hydroxyl groups excluding tert-OH is 1. The van der Waals surface area contributed by atoms with Crippen molar-refractivity contribution in [2.45, 2.75) is 13.0 Å². The van der Waals surface area contributed by atoms with Crippen LogP contribution in [-0.4, -0.2) is 10.1 Å². The molecule has 1 atom stereocenters. The maximum atomic E-state index is 13.5. The van der Waals surface area contributed by atoms with Gasteiger partial charge in [-0.1, -0.05) is 23.7 Å². The van der Waals surface area contributed by atoms with E-state index in [-0.39, 0.29) is 11.6 Å². The standard InChI is InChI=1S/C13H12ClFN2O/c1-7-2-3-8(4-11(7)15)12(18)10-5-9(14)6-17-13(10)16/h2-6,12,18H,1H3,(H2,16,17). The lowest BCUT2D eigenvalue weighted by Gasteiger charge is -2.14. The van der Waals surface area contributed by atoms with Gasteiger partial charge in [-0.2, -0.15) is 0 Å². The molecule has 0 bridgehead atoms. The number of rotatable bonds is 2. The second-order valence-electron chi connectivity index (χ2n) is 4.04. The zero-order chi connectivity index (χ0) is 13.3. The van der Waals surface area contributed by atoms with E-state index in [2.05, 4.69) is 4.98 Å². The van der Waals surface area contributed by atoms with E-state index in [1.807, 2.05) is 0 Å². The molecule has 94 valence electrons. The summed E-state index contributed by atoms with van der Waals surface area (Å²) in [6.07, 6.45) is 0.342. The summed E-state index contributed by atoms with van der Waals surface area (Å²) in [5, 5.41) is 10.5. The number of anilines is 1. The second kappa shape index (κ2) is 4.92. The summed E-state index contributed by atoms with van der Waals surface area (Å²) in [5.41, 5.74) is 6.97. The Morgan fingerprint density at radius 3 is 2.78 bits per heavy atom. The Morgan fingerprint density at radius 1 is 1.39 bits per heavy atom. The minimum Gasteiger partial charge on any atom is -0.384 e. The number of pyridine rings is 1. The van der Waals surface area contributed by atoms with Gasteiger partial charge in [0.25, 0.3) is 0 Å². The number of aryl methyl sites for hydroxylation is 1. The minimum absolute atomic E-state index is 0.174. The number of nitrogen functional groups attached to an aromatic ring is 1. The molecule has 0 radical (unpaired) electrons. The van der Waals surface area contributed by atoms with Gasteiger partial charge in [0.2, 0.25) is 0 Å². The van der Waals surface area contributed by atoms with Gasteiger partial charge < -0.3 is 10.8 Å². The molecule has 2 rings (SSSR count). The van der Waals surface area contributed by atoms with Crippen molar-refractivity contribution in [1.29, 1.82) is 0 Å². The molecule has 1 aromatic carbocycles. The fraction of sp³-hybridized carbons (Fsp3) is 0.154. The first kappa shape index (κ1) is 12.8. The molecule has 2 aromatic rings. The van der Waals surface area contributed by atoms with Crippen LogP contribution < -0.4 is 5.73 Å². The summed E-state index contributed by atoms with van der Waals surface area (Å²) in [7, 11) is 0. The van der Waals surface area contributed by atoms with Crippen LogP contribution in [0.2, 0.25) is 5.02 Å². The third-order valence-corrected chi connectivity index (χ3v) is 2.93. The van der Waals surface area contributed by atoms with Crippen molar-refractivity contribution in [1.82, 2.24) is 4.98 Å². The lowest BCUT2D eigenvalue weighted by molar-refractivity contribution is 0.220. The van der Waals surface area contributed by atoms with Crippen LogP contribution in [0.3, 0.4) is 0 Å². The molecular formula is C13H12ClFN2O. The quantitative estimate of drug-likeness (QED) is 0.879. The van der Waals surface area contributed by atoms with Crippen LogP contribution in [0.4, 0.5) is 10.2 Å². The Hall–Kier alpha value is -1.65. The van der Waals surface area contributed by atoms with Crippen LogP contribution in [0.1, 0.15) is 22.8 Å². The molecule has 3 N–H and O–H groups in total. The number of nitrogens with zero attached hydrogens (tertiary/aromatic N) is 1. The van der Waals surface area contributed by atoms with E-state index in [9.17, 15) is 9.50 Å². The number of benzene rings is 1. The second-order valence-corrected chi connectivity index (χ2v) is 4.48. The number of halogens is 2. The monoisotopic (exact) mass is 266 g/mol. The molecule has 0 aliphatic rings. The van der Waals surface area contributed by atoms with Gasteiger partial charge in [0.15, 0.2) is 0 Å². The molecule has 0 saturated heterocycles. The number of aromatic nitrogens is 1. The highest BCUT2D eigenvalue weighted by atomic mass is 35.5. The summed E-state index contributed by atoms with van der Waals surface area (Å²) in [6, 6.07) is 6.04. The smallest absolute Gasteiger partial charge is 0.129 e. The van der Waals surface area contributed by atoms with Gasteiger partial charge in [-0.15, -0.1) is 0 Å². The number of nitrogens with two attached hydrogens (primary N) is 1. The van der Waals surface area contributed by atoms with Gasteiger partial charge in [0.05, 0.1) is 5.02 Å². The van der Waals surface area contributed by atoms with Crippen LogP contribution in [0.15, 0.2) is 30.5 Å². The molecule has 0 saturated carbocycles. The minimum atomic E-state index is -1.05. The Labute approximate surface area is 109 Å². The Morgan fingerprint density at radius 2 is 2.11 bits per heavy atom.